The second-order valence-corrected chi connectivity index (χ2v) is 5.23. The van der Waals surface area contributed by atoms with Crippen molar-refractivity contribution in [1.29, 1.82) is 0 Å². The van der Waals surface area contributed by atoms with Crippen LogP contribution in [0.15, 0.2) is 36.4 Å². The SMILES string of the molecule is COc1cc(Cl)ccc1C(N)c1cccc(Cl)c1Cl. The molecule has 0 radical (unpaired) electrons. The lowest BCUT2D eigenvalue weighted by molar-refractivity contribution is 0.408. The van der Waals surface area contributed by atoms with Gasteiger partial charge in [-0.1, -0.05) is 53.0 Å². The topological polar surface area (TPSA) is 35.2 Å². The zero-order valence-electron chi connectivity index (χ0n) is 10.2. The minimum absolute atomic E-state index is 0.432. The fourth-order valence-corrected chi connectivity index (χ4v) is 2.46. The predicted molar refractivity (Wildman–Crippen MR) is 80.5 cm³/mol. The van der Waals surface area contributed by atoms with Crippen LogP contribution in [0, 0.1) is 0 Å². The van der Waals surface area contributed by atoms with Gasteiger partial charge in [-0.2, -0.15) is 0 Å². The number of hydrogen-bond donors (Lipinski definition) is 1. The molecule has 0 aliphatic heterocycles. The first kappa shape index (κ1) is 14.5. The summed E-state index contributed by atoms with van der Waals surface area (Å²) in [5.41, 5.74) is 7.79. The van der Waals surface area contributed by atoms with Crippen molar-refractivity contribution in [3.63, 3.8) is 0 Å². The van der Waals surface area contributed by atoms with Gasteiger partial charge in [-0.05, 0) is 23.8 Å². The van der Waals surface area contributed by atoms with Gasteiger partial charge < -0.3 is 10.5 Å². The zero-order valence-corrected chi connectivity index (χ0v) is 12.4. The highest BCUT2D eigenvalue weighted by molar-refractivity contribution is 6.42. The fourth-order valence-electron chi connectivity index (χ4n) is 1.87. The molecule has 0 amide bonds. The molecule has 2 N–H and O–H groups in total. The van der Waals surface area contributed by atoms with Gasteiger partial charge in [0.05, 0.1) is 23.2 Å². The number of benzene rings is 2. The van der Waals surface area contributed by atoms with E-state index in [1.54, 1.807) is 25.3 Å². The summed E-state index contributed by atoms with van der Waals surface area (Å²) in [4.78, 5) is 0. The molecule has 0 aliphatic rings. The summed E-state index contributed by atoms with van der Waals surface area (Å²) < 4.78 is 5.30. The minimum Gasteiger partial charge on any atom is -0.496 e. The molecule has 0 saturated heterocycles. The Morgan fingerprint density at radius 1 is 1.05 bits per heavy atom. The molecule has 19 heavy (non-hydrogen) atoms. The average molecular weight is 317 g/mol. The lowest BCUT2D eigenvalue weighted by Gasteiger charge is -2.18. The van der Waals surface area contributed by atoms with E-state index in [9.17, 15) is 0 Å². The van der Waals surface area contributed by atoms with Gasteiger partial charge in [-0.15, -0.1) is 0 Å². The van der Waals surface area contributed by atoms with Gasteiger partial charge >= 0.3 is 0 Å². The smallest absolute Gasteiger partial charge is 0.125 e. The maximum absolute atomic E-state index is 6.25. The third-order valence-electron chi connectivity index (χ3n) is 2.85. The molecule has 2 aromatic carbocycles. The van der Waals surface area contributed by atoms with Crippen molar-refractivity contribution in [3.05, 3.63) is 62.6 Å². The van der Waals surface area contributed by atoms with E-state index in [0.717, 1.165) is 11.1 Å². The Morgan fingerprint density at radius 2 is 1.79 bits per heavy atom. The fraction of sp³-hybridized carbons (Fsp3) is 0.143. The quantitative estimate of drug-likeness (QED) is 0.890. The largest absolute Gasteiger partial charge is 0.496 e. The van der Waals surface area contributed by atoms with Crippen molar-refractivity contribution in [3.8, 4) is 5.75 Å². The van der Waals surface area contributed by atoms with E-state index in [2.05, 4.69) is 0 Å². The molecule has 100 valence electrons. The van der Waals surface area contributed by atoms with Crippen LogP contribution in [0.25, 0.3) is 0 Å². The first-order valence-corrected chi connectivity index (χ1v) is 6.71. The van der Waals surface area contributed by atoms with Crippen LogP contribution in [0.1, 0.15) is 17.2 Å². The molecule has 2 rings (SSSR count). The second kappa shape index (κ2) is 6.02. The molecular weight excluding hydrogens is 305 g/mol. The van der Waals surface area contributed by atoms with Gasteiger partial charge in [0, 0.05) is 10.6 Å². The van der Waals surface area contributed by atoms with E-state index in [-0.39, 0.29) is 0 Å². The number of hydrogen-bond acceptors (Lipinski definition) is 2. The summed E-state index contributed by atoms with van der Waals surface area (Å²) in [7, 11) is 1.57. The Balaban J connectivity index is 2.49. The van der Waals surface area contributed by atoms with E-state index in [0.29, 0.717) is 20.8 Å². The number of ether oxygens (including phenoxy) is 1. The predicted octanol–water partition coefficient (Wildman–Crippen LogP) is 4.70. The Labute approximate surface area is 127 Å². The molecule has 0 aromatic heterocycles. The van der Waals surface area contributed by atoms with Crippen LogP contribution in [0.4, 0.5) is 0 Å². The molecule has 2 aromatic rings. The maximum Gasteiger partial charge on any atom is 0.125 e. The van der Waals surface area contributed by atoms with Crippen molar-refractivity contribution in [1.82, 2.24) is 0 Å². The van der Waals surface area contributed by atoms with Crippen LogP contribution in [0.5, 0.6) is 5.75 Å². The molecule has 1 unspecified atom stereocenters. The molecule has 0 saturated carbocycles. The van der Waals surface area contributed by atoms with Gasteiger partial charge in [0.1, 0.15) is 5.75 Å². The summed E-state index contributed by atoms with van der Waals surface area (Å²) >= 11 is 18.1. The number of halogens is 3. The Kier molecular flexibility index (Phi) is 4.58. The van der Waals surface area contributed by atoms with Crippen LogP contribution in [0.2, 0.25) is 15.1 Å². The van der Waals surface area contributed by atoms with Crippen LogP contribution < -0.4 is 10.5 Å². The Bertz CT molecular complexity index is 601. The van der Waals surface area contributed by atoms with Crippen molar-refractivity contribution < 1.29 is 4.74 Å². The summed E-state index contributed by atoms with van der Waals surface area (Å²) in [6.07, 6.45) is 0. The number of methoxy groups -OCH3 is 1. The summed E-state index contributed by atoms with van der Waals surface area (Å²) in [6, 6.07) is 10.2. The van der Waals surface area contributed by atoms with Gasteiger partial charge in [0.15, 0.2) is 0 Å². The Hall–Kier alpha value is -0.930. The highest BCUT2D eigenvalue weighted by atomic mass is 35.5. The molecular formula is C14H12Cl3NO. The normalized spacial score (nSPS) is 12.3. The monoisotopic (exact) mass is 315 g/mol. The Morgan fingerprint density at radius 3 is 2.47 bits per heavy atom. The number of rotatable bonds is 3. The van der Waals surface area contributed by atoms with Gasteiger partial charge in [-0.3, -0.25) is 0 Å². The van der Waals surface area contributed by atoms with Crippen molar-refractivity contribution in [2.75, 3.05) is 7.11 Å². The third-order valence-corrected chi connectivity index (χ3v) is 3.92. The molecule has 5 heteroatoms. The zero-order chi connectivity index (χ0) is 14.0. The summed E-state index contributed by atoms with van der Waals surface area (Å²) in [5, 5.41) is 1.52. The van der Waals surface area contributed by atoms with Crippen LogP contribution in [0.3, 0.4) is 0 Å². The standard InChI is InChI=1S/C14H12Cl3NO/c1-19-12-7-8(15)5-6-9(12)14(18)10-3-2-4-11(16)13(10)17/h2-7,14H,18H2,1H3. The second-order valence-electron chi connectivity index (χ2n) is 4.01. The van der Waals surface area contributed by atoms with E-state index in [1.165, 1.54) is 0 Å². The first-order chi connectivity index (χ1) is 9.04. The highest BCUT2D eigenvalue weighted by Gasteiger charge is 2.18. The van der Waals surface area contributed by atoms with Gasteiger partial charge in [0.2, 0.25) is 0 Å². The minimum atomic E-state index is -0.432. The van der Waals surface area contributed by atoms with Crippen molar-refractivity contribution in [2.24, 2.45) is 5.73 Å². The van der Waals surface area contributed by atoms with Crippen molar-refractivity contribution >= 4 is 34.8 Å². The molecule has 0 spiro atoms. The molecule has 0 fully saturated rings. The maximum atomic E-state index is 6.25. The third kappa shape index (κ3) is 2.98. The summed E-state index contributed by atoms with van der Waals surface area (Å²) in [5.74, 6) is 0.621. The molecule has 2 nitrogen and oxygen atoms in total. The highest BCUT2D eigenvalue weighted by Crippen LogP contribution is 2.36. The van der Waals surface area contributed by atoms with E-state index in [4.69, 9.17) is 45.3 Å². The van der Waals surface area contributed by atoms with Gasteiger partial charge in [0.25, 0.3) is 0 Å². The lowest BCUT2D eigenvalue weighted by Crippen LogP contribution is -2.13. The molecule has 1 atom stereocenters. The van der Waals surface area contributed by atoms with Crippen LogP contribution in [-0.2, 0) is 0 Å². The first-order valence-electron chi connectivity index (χ1n) is 5.57. The van der Waals surface area contributed by atoms with Crippen LogP contribution >= 0.6 is 34.8 Å². The number of nitrogens with two attached hydrogens (primary N) is 1. The average Bonchev–Trinajstić information content (AvgIpc) is 2.41. The van der Waals surface area contributed by atoms with E-state index < -0.39 is 6.04 Å². The molecule has 0 bridgehead atoms. The molecule has 0 heterocycles. The lowest BCUT2D eigenvalue weighted by atomic mass is 9.98. The molecule has 0 aliphatic carbocycles. The van der Waals surface area contributed by atoms with Crippen molar-refractivity contribution in [2.45, 2.75) is 6.04 Å². The van der Waals surface area contributed by atoms with E-state index in [1.807, 2.05) is 18.2 Å². The van der Waals surface area contributed by atoms with Gasteiger partial charge in [-0.25, -0.2) is 0 Å². The summed E-state index contributed by atoms with van der Waals surface area (Å²) in [6.45, 7) is 0. The van der Waals surface area contributed by atoms with Crippen LogP contribution in [-0.4, -0.2) is 7.11 Å². The van der Waals surface area contributed by atoms with E-state index >= 15 is 0 Å².